The molecule has 0 N–H and O–H groups in total. The van der Waals surface area contributed by atoms with Crippen molar-refractivity contribution >= 4 is 6.09 Å². The van der Waals surface area contributed by atoms with Crippen LogP contribution < -0.4 is 0 Å². The van der Waals surface area contributed by atoms with Gasteiger partial charge in [-0.15, -0.1) is 0 Å². The van der Waals surface area contributed by atoms with Gasteiger partial charge in [-0.2, -0.15) is 5.10 Å². The van der Waals surface area contributed by atoms with Crippen LogP contribution in [0.15, 0.2) is 6.20 Å². The summed E-state index contributed by atoms with van der Waals surface area (Å²) in [5.41, 5.74) is 3.13. The van der Waals surface area contributed by atoms with E-state index in [0.717, 1.165) is 19.5 Å². The fraction of sp³-hybridized carbons (Fsp3) is 0.800. The molecular weight excluding hydrogens is 328 g/mol. The van der Waals surface area contributed by atoms with E-state index in [9.17, 15) is 4.79 Å². The standard InChI is InChI=1S/C20H32N4O2/c1-4-26-19(25)24-10-7-20(14-24)11-17(12-20)23-8-5-16(6-9-23)18-15(2)13-21-22(18)3/h13,16-17H,4-12,14H2,1-3H3. The molecule has 0 aromatic carbocycles. The van der Waals surface area contributed by atoms with E-state index >= 15 is 0 Å². The number of aryl methyl sites for hydroxylation is 2. The SMILES string of the molecule is CCOC(=O)N1CCC2(CC(N3CCC(c4c(C)cnn4C)CC3)C2)C1. The second-order valence-electron chi connectivity index (χ2n) is 8.58. The molecule has 144 valence electrons. The molecule has 2 aliphatic heterocycles. The van der Waals surface area contributed by atoms with Gasteiger partial charge in [0, 0.05) is 37.8 Å². The molecule has 3 heterocycles. The first-order chi connectivity index (χ1) is 12.5. The second-order valence-corrected chi connectivity index (χ2v) is 8.58. The number of aromatic nitrogens is 2. The molecule has 1 aromatic rings. The molecule has 1 aromatic heterocycles. The van der Waals surface area contributed by atoms with Gasteiger partial charge in [0.05, 0.1) is 12.8 Å². The Labute approximate surface area is 156 Å². The third kappa shape index (κ3) is 3.13. The van der Waals surface area contributed by atoms with Crippen molar-refractivity contribution < 1.29 is 9.53 Å². The summed E-state index contributed by atoms with van der Waals surface area (Å²) in [5.74, 6) is 0.651. The molecular formula is C20H32N4O2. The number of ether oxygens (including phenoxy) is 1. The summed E-state index contributed by atoms with van der Waals surface area (Å²) in [6, 6.07) is 0.714. The zero-order valence-electron chi connectivity index (χ0n) is 16.4. The first-order valence-electron chi connectivity index (χ1n) is 10.2. The largest absolute Gasteiger partial charge is 0.450 e. The zero-order valence-corrected chi connectivity index (χ0v) is 16.4. The van der Waals surface area contributed by atoms with Crippen molar-refractivity contribution in [2.45, 2.75) is 57.9 Å². The van der Waals surface area contributed by atoms with Gasteiger partial charge >= 0.3 is 6.09 Å². The average molecular weight is 361 g/mol. The van der Waals surface area contributed by atoms with E-state index < -0.39 is 0 Å². The predicted molar refractivity (Wildman–Crippen MR) is 100 cm³/mol. The Morgan fingerprint density at radius 3 is 2.65 bits per heavy atom. The highest BCUT2D eigenvalue weighted by Gasteiger charge is 2.51. The van der Waals surface area contributed by atoms with Crippen molar-refractivity contribution in [3.05, 3.63) is 17.5 Å². The van der Waals surface area contributed by atoms with Crippen LogP contribution in [0.25, 0.3) is 0 Å². The Kier molecular flexibility index (Phi) is 4.71. The smallest absolute Gasteiger partial charge is 0.409 e. The fourth-order valence-corrected chi connectivity index (χ4v) is 5.52. The molecule has 0 unspecified atom stereocenters. The van der Waals surface area contributed by atoms with Crippen molar-refractivity contribution in [3.63, 3.8) is 0 Å². The lowest BCUT2D eigenvalue weighted by molar-refractivity contribution is -0.00505. The number of carbonyl (C=O) groups is 1. The lowest BCUT2D eigenvalue weighted by atomic mass is 9.64. The van der Waals surface area contributed by atoms with Gasteiger partial charge in [-0.05, 0) is 70.0 Å². The van der Waals surface area contributed by atoms with Crippen LogP contribution in [0, 0.1) is 12.3 Å². The summed E-state index contributed by atoms with van der Waals surface area (Å²) in [6.07, 6.45) is 7.98. The van der Waals surface area contributed by atoms with Gasteiger partial charge in [0.15, 0.2) is 0 Å². The summed E-state index contributed by atoms with van der Waals surface area (Å²) in [6.45, 7) is 8.67. The van der Waals surface area contributed by atoms with Crippen molar-refractivity contribution in [1.82, 2.24) is 19.6 Å². The highest BCUT2D eigenvalue weighted by molar-refractivity contribution is 5.68. The van der Waals surface area contributed by atoms with Crippen LogP contribution in [0.3, 0.4) is 0 Å². The van der Waals surface area contributed by atoms with Crippen LogP contribution in [-0.2, 0) is 11.8 Å². The van der Waals surface area contributed by atoms with Crippen molar-refractivity contribution in [3.8, 4) is 0 Å². The molecule has 26 heavy (non-hydrogen) atoms. The number of hydrogen-bond acceptors (Lipinski definition) is 4. The Bertz CT molecular complexity index is 637. The minimum atomic E-state index is -0.125. The summed E-state index contributed by atoms with van der Waals surface area (Å²) in [5, 5.41) is 4.42. The topological polar surface area (TPSA) is 50.6 Å². The van der Waals surface area contributed by atoms with E-state index in [0.29, 0.717) is 24.0 Å². The molecule has 3 aliphatic rings. The van der Waals surface area contributed by atoms with Crippen LogP contribution in [0.1, 0.15) is 56.2 Å². The van der Waals surface area contributed by atoms with Crippen LogP contribution in [-0.4, -0.2) is 64.5 Å². The molecule has 3 fully saturated rings. The molecule has 1 saturated carbocycles. The third-order valence-electron chi connectivity index (χ3n) is 6.91. The molecule has 0 atom stereocenters. The quantitative estimate of drug-likeness (QED) is 0.832. The zero-order chi connectivity index (χ0) is 18.3. The second kappa shape index (κ2) is 6.87. The maximum atomic E-state index is 11.9. The molecule has 1 spiro atoms. The van der Waals surface area contributed by atoms with Gasteiger partial charge in [-0.1, -0.05) is 0 Å². The molecule has 2 saturated heterocycles. The van der Waals surface area contributed by atoms with E-state index in [1.165, 1.54) is 50.0 Å². The number of likely N-dealkylation sites (tertiary alicyclic amines) is 2. The maximum Gasteiger partial charge on any atom is 0.409 e. The van der Waals surface area contributed by atoms with Gasteiger partial charge in [-0.3, -0.25) is 4.68 Å². The predicted octanol–water partition coefficient (Wildman–Crippen LogP) is 2.92. The van der Waals surface area contributed by atoms with Crippen molar-refractivity contribution in [2.75, 3.05) is 32.8 Å². The first kappa shape index (κ1) is 17.8. The van der Waals surface area contributed by atoms with Gasteiger partial charge in [0.25, 0.3) is 0 Å². The molecule has 0 bridgehead atoms. The van der Waals surface area contributed by atoms with Gasteiger partial charge in [-0.25, -0.2) is 4.79 Å². The average Bonchev–Trinajstić information content (AvgIpc) is 3.19. The lowest BCUT2D eigenvalue weighted by Gasteiger charge is -2.51. The summed E-state index contributed by atoms with van der Waals surface area (Å²) < 4.78 is 7.23. The Balaban J connectivity index is 1.27. The fourth-order valence-electron chi connectivity index (χ4n) is 5.52. The van der Waals surface area contributed by atoms with Crippen LogP contribution in [0.2, 0.25) is 0 Å². The lowest BCUT2D eigenvalue weighted by Crippen LogP contribution is -2.54. The summed E-state index contributed by atoms with van der Waals surface area (Å²) in [4.78, 5) is 16.6. The molecule has 6 nitrogen and oxygen atoms in total. The third-order valence-corrected chi connectivity index (χ3v) is 6.91. The Morgan fingerprint density at radius 2 is 2.04 bits per heavy atom. The highest BCUT2D eigenvalue weighted by Crippen LogP contribution is 2.51. The van der Waals surface area contributed by atoms with E-state index in [4.69, 9.17) is 4.74 Å². The maximum absolute atomic E-state index is 11.9. The minimum Gasteiger partial charge on any atom is -0.450 e. The number of amides is 1. The van der Waals surface area contributed by atoms with Crippen LogP contribution >= 0.6 is 0 Å². The number of carbonyl (C=O) groups excluding carboxylic acids is 1. The molecule has 1 amide bonds. The summed E-state index contributed by atoms with van der Waals surface area (Å²) in [7, 11) is 2.07. The number of piperidine rings is 1. The van der Waals surface area contributed by atoms with Crippen LogP contribution in [0.4, 0.5) is 4.79 Å². The minimum absolute atomic E-state index is 0.125. The van der Waals surface area contributed by atoms with Crippen molar-refractivity contribution in [2.24, 2.45) is 12.5 Å². The normalized spacial score (nSPS) is 30.0. The number of nitrogens with zero attached hydrogens (tertiary/aromatic N) is 4. The van der Waals surface area contributed by atoms with Crippen LogP contribution in [0.5, 0.6) is 0 Å². The molecule has 1 aliphatic carbocycles. The van der Waals surface area contributed by atoms with Gasteiger partial charge in [0.2, 0.25) is 0 Å². The Morgan fingerprint density at radius 1 is 1.31 bits per heavy atom. The van der Waals surface area contributed by atoms with E-state index in [1.807, 2.05) is 18.0 Å². The van der Waals surface area contributed by atoms with Crippen molar-refractivity contribution in [1.29, 1.82) is 0 Å². The Hall–Kier alpha value is -1.56. The summed E-state index contributed by atoms with van der Waals surface area (Å²) >= 11 is 0. The van der Waals surface area contributed by atoms with E-state index in [2.05, 4.69) is 28.7 Å². The molecule has 0 radical (unpaired) electrons. The van der Waals surface area contributed by atoms with E-state index in [1.54, 1.807) is 0 Å². The van der Waals surface area contributed by atoms with Gasteiger partial charge in [0.1, 0.15) is 0 Å². The van der Waals surface area contributed by atoms with E-state index in [-0.39, 0.29) is 6.09 Å². The number of hydrogen-bond donors (Lipinski definition) is 0. The van der Waals surface area contributed by atoms with Gasteiger partial charge < -0.3 is 14.5 Å². The first-order valence-corrected chi connectivity index (χ1v) is 10.2. The molecule has 4 rings (SSSR count). The highest BCUT2D eigenvalue weighted by atomic mass is 16.6. The molecule has 6 heteroatoms. The monoisotopic (exact) mass is 360 g/mol. The number of rotatable bonds is 3.